The zero-order valence-corrected chi connectivity index (χ0v) is 19.2. The third-order valence-electron chi connectivity index (χ3n) is 6.92. The highest BCUT2D eigenvalue weighted by molar-refractivity contribution is 6.12. The molecule has 4 heteroatoms. The van der Waals surface area contributed by atoms with Crippen LogP contribution in [0, 0.1) is 13.1 Å². The number of fused-ring (bicyclic) bond motifs is 6. The fourth-order valence-electron chi connectivity index (χ4n) is 5.39. The number of rotatable bonds is 2. The average Bonchev–Trinajstić information content (AvgIpc) is 3.45. The molecule has 2 heterocycles. The van der Waals surface area contributed by atoms with Crippen molar-refractivity contribution < 1.29 is 0 Å². The number of benzene rings is 5. The minimum atomic E-state index is 0.599. The van der Waals surface area contributed by atoms with Gasteiger partial charge < -0.3 is 9.13 Å². The predicted molar refractivity (Wildman–Crippen MR) is 148 cm³/mol. The van der Waals surface area contributed by atoms with Gasteiger partial charge in [-0.15, -0.1) is 0 Å². The lowest BCUT2D eigenvalue weighted by Gasteiger charge is -2.10. The summed E-state index contributed by atoms with van der Waals surface area (Å²) in [6, 6.07) is 37.0. The fourth-order valence-corrected chi connectivity index (χ4v) is 5.39. The van der Waals surface area contributed by atoms with Crippen LogP contribution in [0.1, 0.15) is 0 Å². The first-order valence-electron chi connectivity index (χ1n) is 11.7. The highest BCUT2D eigenvalue weighted by atomic mass is 15.0. The van der Waals surface area contributed by atoms with Gasteiger partial charge in [-0.25, -0.2) is 9.69 Å². The molecular formula is C32H18N4. The molecule has 0 radical (unpaired) electrons. The highest BCUT2D eigenvalue weighted by Crippen LogP contribution is 2.38. The molecule has 0 aliphatic rings. The summed E-state index contributed by atoms with van der Waals surface area (Å²) in [5.41, 5.74) is 7.59. The van der Waals surface area contributed by atoms with Crippen molar-refractivity contribution >= 4 is 55.0 Å². The van der Waals surface area contributed by atoms with E-state index in [-0.39, 0.29) is 0 Å². The molecular weight excluding hydrogens is 440 g/mol. The minimum Gasteiger partial charge on any atom is -0.311 e. The molecule has 7 rings (SSSR count). The van der Waals surface area contributed by atoms with E-state index in [1.165, 1.54) is 10.8 Å². The predicted octanol–water partition coefficient (Wildman–Crippen LogP) is 8.98. The van der Waals surface area contributed by atoms with Crippen LogP contribution >= 0.6 is 0 Å². The Morgan fingerprint density at radius 2 is 0.944 bits per heavy atom. The van der Waals surface area contributed by atoms with Crippen molar-refractivity contribution in [1.82, 2.24) is 9.13 Å². The second-order valence-corrected chi connectivity index (χ2v) is 8.85. The molecule has 4 nitrogen and oxygen atoms in total. The topological polar surface area (TPSA) is 18.6 Å². The Morgan fingerprint density at radius 1 is 0.417 bits per heavy atom. The molecule has 0 aliphatic heterocycles. The van der Waals surface area contributed by atoms with E-state index in [9.17, 15) is 0 Å². The molecule has 0 N–H and O–H groups in total. The lowest BCUT2D eigenvalue weighted by atomic mass is 10.1. The van der Waals surface area contributed by atoms with Gasteiger partial charge in [0.25, 0.3) is 0 Å². The molecule has 0 spiro atoms. The van der Waals surface area contributed by atoms with E-state index < -0.39 is 0 Å². The van der Waals surface area contributed by atoms with Crippen molar-refractivity contribution in [3.8, 4) is 11.4 Å². The van der Waals surface area contributed by atoms with E-state index in [0.29, 0.717) is 11.4 Å². The van der Waals surface area contributed by atoms with Crippen LogP contribution in [0.5, 0.6) is 0 Å². The molecule has 166 valence electrons. The van der Waals surface area contributed by atoms with Crippen LogP contribution in [0.3, 0.4) is 0 Å². The Morgan fingerprint density at radius 3 is 1.61 bits per heavy atom. The molecule has 0 bridgehead atoms. The van der Waals surface area contributed by atoms with E-state index in [4.69, 9.17) is 13.1 Å². The van der Waals surface area contributed by atoms with Gasteiger partial charge in [0, 0.05) is 27.5 Å². The molecule has 0 saturated carbocycles. The minimum absolute atomic E-state index is 0.599. The van der Waals surface area contributed by atoms with Gasteiger partial charge in [0.1, 0.15) is 0 Å². The van der Waals surface area contributed by atoms with Crippen molar-refractivity contribution in [2.24, 2.45) is 0 Å². The molecule has 36 heavy (non-hydrogen) atoms. The summed E-state index contributed by atoms with van der Waals surface area (Å²) < 4.78 is 4.49. The number of hydrogen-bond donors (Lipinski definition) is 0. The molecule has 2 aromatic heterocycles. The molecule has 7 aromatic rings. The van der Waals surface area contributed by atoms with Crippen LogP contribution in [-0.2, 0) is 0 Å². The summed E-state index contributed by atoms with van der Waals surface area (Å²) in [4.78, 5) is 7.31. The average molecular weight is 459 g/mol. The van der Waals surface area contributed by atoms with Gasteiger partial charge in [-0.3, -0.25) is 0 Å². The third kappa shape index (κ3) is 2.79. The third-order valence-corrected chi connectivity index (χ3v) is 6.92. The molecule has 0 atom stereocenters. The Labute approximate surface area is 207 Å². The largest absolute Gasteiger partial charge is 0.311 e. The van der Waals surface area contributed by atoms with E-state index >= 15 is 0 Å². The summed E-state index contributed by atoms with van der Waals surface area (Å²) >= 11 is 0. The maximum absolute atomic E-state index is 7.57. The SMILES string of the molecule is [C-]#[N+]c1cccc(-n2c3ccc([N+]#[C-])cc3c3cc(-n4c5ccccc5c5ccccc54)ccc32)c1. The van der Waals surface area contributed by atoms with Gasteiger partial charge in [-0.2, -0.15) is 0 Å². The zero-order valence-electron chi connectivity index (χ0n) is 19.2. The van der Waals surface area contributed by atoms with Crippen molar-refractivity contribution in [1.29, 1.82) is 0 Å². The smallest absolute Gasteiger partial charge is 0.189 e. The van der Waals surface area contributed by atoms with Crippen molar-refractivity contribution in [3.05, 3.63) is 132 Å². The van der Waals surface area contributed by atoms with Crippen LogP contribution in [0.4, 0.5) is 11.4 Å². The van der Waals surface area contributed by atoms with Crippen LogP contribution in [-0.4, -0.2) is 9.13 Å². The second kappa shape index (κ2) is 7.60. The second-order valence-electron chi connectivity index (χ2n) is 8.85. The van der Waals surface area contributed by atoms with Gasteiger partial charge in [0.05, 0.1) is 35.2 Å². The first-order valence-corrected chi connectivity index (χ1v) is 11.7. The first kappa shape index (κ1) is 20.1. The van der Waals surface area contributed by atoms with Crippen LogP contribution in [0.15, 0.2) is 109 Å². The zero-order chi connectivity index (χ0) is 24.2. The Hall–Kier alpha value is -5.32. The van der Waals surface area contributed by atoms with Crippen molar-refractivity contribution in [2.45, 2.75) is 0 Å². The van der Waals surface area contributed by atoms with Crippen molar-refractivity contribution in [2.75, 3.05) is 0 Å². The molecule has 0 aliphatic carbocycles. The standard InChI is InChI=1S/C32H18N4/c1-33-21-8-7-9-23(18-21)35-31-16-14-22(34-2)19-27(31)28-20-24(15-17-32(28)35)36-29-12-5-3-10-25(29)26-11-4-6-13-30(26)36/h3-20H. The first-order chi connectivity index (χ1) is 17.8. The van der Waals surface area contributed by atoms with E-state index in [0.717, 1.165) is 44.2 Å². The fraction of sp³-hybridized carbons (Fsp3) is 0. The highest BCUT2D eigenvalue weighted by Gasteiger charge is 2.16. The summed E-state index contributed by atoms with van der Waals surface area (Å²) in [6.07, 6.45) is 0. The van der Waals surface area contributed by atoms with Gasteiger partial charge in [0.2, 0.25) is 0 Å². The summed E-state index contributed by atoms with van der Waals surface area (Å²) in [7, 11) is 0. The Kier molecular flexibility index (Phi) is 4.24. The summed E-state index contributed by atoms with van der Waals surface area (Å²) in [5.74, 6) is 0. The van der Waals surface area contributed by atoms with E-state index in [1.807, 2.05) is 42.5 Å². The van der Waals surface area contributed by atoms with E-state index in [2.05, 4.69) is 85.6 Å². The van der Waals surface area contributed by atoms with Crippen LogP contribution in [0.25, 0.3) is 64.7 Å². The number of nitrogens with zero attached hydrogens (tertiary/aromatic N) is 4. The number of hydrogen-bond acceptors (Lipinski definition) is 0. The Balaban J connectivity index is 1.59. The maximum atomic E-state index is 7.57. The van der Waals surface area contributed by atoms with Gasteiger partial charge in [-0.1, -0.05) is 54.6 Å². The van der Waals surface area contributed by atoms with Crippen molar-refractivity contribution in [3.63, 3.8) is 0 Å². The van der Waals surface area contributed by atoms with Gasteiger partial charge in [0.15, 0.2) is 11.4 Å². The monoisotopic (exact) mass is 458 g/mol. The molecule has 0 fully saturated rings. The molecule has 0 saturated heterocycles. The van der Waals surface area contributed by atoms with Crippen LogP contribution in [0.2, 0.25) is 0 Å². The van der Waals surface area contributed by atoms with E-state index in [1.54, 1.807) is 0 Å². The lowest BCUT2D eigenvalue weighted by Crippen LogP contribution is -1.95. The van der Waals surface area contributed by atoms with Gasteiger partial charge >= 0.3 is 0 Å². The maximum Gasteiger partial charge on any atom is 0.189 e. The van der Waals surface area contributed by atoms with Crippen LogP contribution < -0.4 is 0 Å². The molecule has 0 unspecified atom stereocenters. The quantitative estimate of drug-likeness (QED) is 0.230. The van der Waals surface area contributed by atoms with Gasteiger partial charge in [-0.05, 0) is 60.0 Å². The summed E-state index contributed by atoms with van der Waals surface area (Å²) in [5, 5.41) is 4.54. The number of para-hydroxylation sites is 2. The Bertz CT molecular complexity index is 2020. The molecule has 0 amide bonds. The number of aromatic nitrogens is 2. The normalized spacial score (nSPS) is 11.3. The molecule has 5 aromatic carbocycles. The summed E-state index contributed by atoms with van der Waals surface area (Å²) in [6.45, 7) is 15.0. The lowest BCUT2D eigenvalue weighted by molar-refractivity contribution is 1.17.